The molecule has 2 saturated heterocycles. The first-order valence-electron chi connectivity index (χ1n) is 8.94. The summed E-state index contributed by atoms with van der Waals surface area (Å²) in [6.07, 6.45) is -0.576. The molecule has 0 aromatic rings. The van der Waals surface area contributed by atoms with Gasteiger partial charge < -0.3 is 14.4 Å². The van der Waals surface area contributed by atoms with Crippen molar-refractivity contribution in [2.45, 2.75) is 79.1 Å². The van der Waals surface area contributed by atoms with Crippen LogP contribution < -0.4 is 0 Å². The Labute approximate surface area is 140 Å². The van der Waals surface area contributed by atoms with E-state index in [0.29, 0.717) is 13.2 Å². The lowest BCUT2D eigenvalue weighted by molar-refractivity contribution is -0.0399. The Morgan fingerprint density at radius 3 is 2.30 bits per heavy atom. The summed E-state index contributed by atoms with van der Waals surface area (Å²) in [5.74, 6) is 0.185. The molecule has 0 spiro atoms. The average molecular weight is 333 g/mol. The van der Waals surface area contributed by atoms with E-state index < -0.39 is 6.43 Å². The Hall–Kier alpha value is -0.680. The van der Waals surface area contributed by atoms with Crippen LogP contribution in [0.2, 0.25) is 0 Å². The Bertz CT molecular complexity index is 383. The van der Waals surface area contributed by atoms with E-state index in [1.165, 1.54) is 0 Å². The van der Waals surface area contributed by atoms with Gasteiger partial charge in [0.1, 0.15) is 6.10 Å². The Kier molecular flexibility index (Phi) is 8.48. The molecule has 0 N–H and O–H groups in total. The molecule has 0 saturated carbocycles. The third-order valence-electron chi connectivity index (χ3n) is 4.55. The summed E-state index contributed by atoms with van der Waals surface area (Å²) in [5, 5.41) is 0. The quantitative estimate of drug-likeness (QED) is 0.757. The van der Waals surface area contributed by atoms with Crippen LogP contribution in [0.5, 0.6) is 0 Å². The third-order valence-corrected chi connectivity index (χ3v) is 4.55. The van der Waals surface area contributed by atoms with Gasteiger partial charge >= 0.3 is 0 Å². The van der Waals surface area contributed by atoms with Crippen LogP contribution in [-0.4, -0.2) is 49.3 Å². The van der Waals surface area contributed by atoms with Crippen molar-refractivity contribution in [2.75, 3.05) is 19.8 Å². The van der Waals surface area contributed by atoms with Crippen LogP contribution in [0.25, 0.3) is 0 Å². The molecule has 4 unspecified atom stereocenters. The molecule has 2 rings (SSSR count). The minimum absolute atomic E-state index is 0.0803. The van der Waals surface area contributed by atoms with E-state index in [0.717, 1.165) is 24.1 Å². The Balaban J connectivity index is 0.00000127. The second kappa shape index (κ2) is 9.58. The summed E-state index contributed by atoms with van der Waals surface area (Å²) >= 11 is 0. The molecule has 5 heteroatoms. The number of alkyl halides is 2. The standard InChI is InChI=1S/C16H27F2NO2.C2H6/c1-5-11-13(6-2)21-14-9-20-8-12(14)19(7-15(17)18)16(11)10(3)4;1-2/h11-15H,5-9H2,1-4H3;1-2H3. The molecule has 23 heavy (non-hydrogen) atoms. The first kappa shape index (κ1) is 20.4. The molecule has 2 fully saturated rings. The Morgan fingerprint density at radius 1 is 1.17 bits per heavy atom. The predicted octanol–water partition coefficient (Wildman–Crippen LogP) is 4.48. The van der Waals surface area contributed by atoms with Gasteiger partial charge in [-0.3, -0.25) is 0 Å². The number of hydrogen-bond donors (Lipinski definition) is 0. The lowest BCUT2D eigenvalue weighted by Crippen LogP contribution is -2.44. The summed E-state index contributed by atoms with van der Waals surface area (Å²) < 4.78 is 38.0. The first-order chi connectivity index (χ1) is 11.0. The van der Waals surface area contributed by atoms with Gasteiger partial charge in [-0.2, -0.15) is 0 Å². The van der Waals surface area contributed by atoms with Crippen molar-refractivity contribution in [3.05, 3.63) is 11.3 Å². The molecule has 136 valence electrons. The number of allylic oxidation sites excluding steroid dienone is 1. The van der Waals surface area contributed by atoms with Crippen molar-refractivity contribution in [1.82, 2.24) is 4.90 Å². The van der Waals surface area contributed by atoms with Crippen LogP contribution in [0.3, 0.4) is 0 Å². The third kappa shape index (κ3) is 4.66. The van der Waals surface area contributed by atoms with Gasteiger partial charge in [-0.15, -0.1) is 0 Å². The summed E-state index contributed by atoms with van der Waals surface area (Å²) in [7, 11) is 0. The van der Waals surface area contributed by atoms with Gasteiger partial charge in [-0.25, -0.2) is 8.78 Å². The zero-order chi connectivity index (χ0) is 17.6. The van der Waals surface area contributed by atoms with E-state index in [-0.39, 0.29) is 30.7 Å². The summed E-state index contributed by atoms with van der Waals surface area (Å²) in [6.45, 7) is 13.0. The monoisotopic (exact) mass is 333 g/mol. The highest BCUT2D eigenvalue weighted by atomic mass is 19.3. The lowest BCUT2D eigenvalue weighted by atomic mass is 9.90. The van der Waals surface area contributed by atoms with E-state index in [1.54, 1.807) is 0 Å². The van der Waals surface area contributed by atoms with Crippen LogP contribution in [0.15, 0.2) is 11.3 Å². The number of rotatable bonds is 4. The highest BCUT2D eigenvalue weighted by molar-refractivity contribution is 5.18. The highest BCUT2D eigenvalue weighted by Crippen LogP contribution is 2.37. The smallest absolute Gasteiger partial charge is 0.255 e. The number of nitrogens with zero attached hydrogens (tertiary/aromatic N) is 1. The summed E-state index contributed by atoms with van der Waals surface area (Å²) in [4.78, 5) is 1.88. The fraction of sp³-hybridized carbons (Fsp3) is 0.889. The second-order valence-corrected chi connectivity index (χ2v) is 6.17. The van der Waals surface area contributed by atoms with Crippen molar-refractivity contribution in [1.29, 1.82) is 0 Å². The topological polar surface area (TPSA) is 21.7 Å². The van der Waals surface area contributed by atoms with E-state index in [9.17, 15) is 8.78 Å². The first-order valence-corrected chi connectivity index (χ1v) is 8.94. The van der Waals surface area contributed by atoms with E-state index in [2.05, 4.69) is 13.8 Å². The molecular weight excluding hydrogens is 300 g/mol. The molecule has 3 nitrogen and oxygen atoms in total. The van der Waals surface area contributed by atoms with Crippen LogP contribution in [0.4, 0.5) is 8.78 Å². The number of hydrogen-bond acceptors (Lipinski definition) is 3. The number of ether oxygens (including phenoxy) is 2. The molecule has 2 heterocycles. The summed E-state index contributed by atoms with van der Waals surface area (Å²) in [6, 6.07) is -0.0884. The molecular formula is C18H33F2NO2. The molecule has 0 aromatic heterocycles. The highest BCUT2D eigenvalue weighted by Gasteiger charge is 2.44. The van der Waals surface area contributed by atoms with Crippen LogP contribution in [0.1, 0.15) is 54.4 Å². The number of halogens is 2. The van der Waals surface area contributed by atoms with Crippen LogP contribution in [-0.2, 0) is 9.47 Å². The van der Waals surface area contributed by atoms with Gasteiger partial charge in [0.15, 0.2) is 0 Å². The fourth-order valence-electron chi connectivity index (χ4n) is 3.71. The van der Waals surface area contributed by atoms with Crippen molar-refractivity contribution in [3.63, 3.8) is 0 Å². The van der Waals surface area contributed by atoms with Gasteiger partial charge in [0, 0.05) is 11.6 Å². The lowest BCUT2D eigenvalue weighted by Gasteiger charge is -2.36. The van der Waals surface area contributed by atoms with Gasteiger partial charge in [0.2, 0.25) is 0 Å². The van der Waals surface area contributed by atoms with Crippen molar-refractivity contribution >= 4 is 0 Å². The zero-order valence-corrected chi connectivity index (χ0v) is 15.4. The summed E-state index contributed by atoms with van der Waals surface area (Å²) in [5.41, 5.74) is 2.15. The maximum Gasteiger partial charge on any atom is 0.255 e. The molecule has 0 aromatic carbocycles. The second-order valence-electron chi connectivity index (χ2n) is 6.17. The molecule has 0 aliphatic carbocycles. The molecule has 2 aliphatic heterocycles. The zero-order valence-electron chi connectivity index (χ0n) is 15.4. The Morgan fingerprint density at radius 2 is 1.83 bits per heavy atom. The molecule has 0 bridgehead atoms. The fourth-order valence-corrected chi connectivity index (χ4v) is 3.71. The van der Waals surface area contributed by atoms with Gasteiger partial charge in [-0.05, 0) is 26.7 Å². The number of fused-ring (bicyclic) bond motifs is 1. The van der Waals surface area contributed by atoms with Crippen molar-refractivity contribution < 1.29 is 18.3 Å². The molecule has 0 radical (unpaired) electrons. The normalized spacial score (nSPS) is 30.7. The predicted molar refractivity (Wildman–Crippen MR) is 89.8 cm³/mol. The SMILES string of the molecule is CC.CCC1OC2COCC2N(CC(F)F)C(=C(C)C)C1CC. The van der Waals surface area contributed by atoms with E-state index in [1.807, 2.05) is 32.6 Å². The minimum atomic E-state index is -2.35. The van der Waals surface area contributed by atoms with E-state index >= 15 is 0 Å². The van der Waals surface area contributed by atoms with Gasteiger partial charge in [0.25, 0.3) is 6.43 Å². The van der Waals surface area contributed by atoms with Crippen LogP contribution in [0, 0.1) is 5.92 Å². The van der Waals surface area contributed by atoms with Crippen molar-refractivity contribution in [2.24, 2.45) is 5.92 Å². The molecule has 2 aliphatic rings. The van der Waals surface area contributed by atoms with Crippen molar-refractivity contribution in [3.8, 4) is 0 Å². The largest absolute Gasteiger partial charge is 0.376 e. The maximum atomic E-state index is 13.1. The molecule has 4 atom stereocenters. The minimum Gasteiger partial charge on any atom is -0.376 e. The average Bonchev–Trinajstić information content (AvgIpc) is 2.93. The van der Waals surface area contributed by atoms with Crippen LogP contribution >= 0.6 is 0 Å². The van der Waals surface area contributed by atoms with E-state index in [4.69, 9.17) is 9.47 Å². The van der Waals surface area contributed by atoms with Gasteiger partial charge in [-0.1, -0.05) is 33.3 Å². The maximum absolute atomic E-state index is 13.1. The molecule has 0 amide bonds. The van der Waals surface area contributed by atoms with Gasteiger partial charge in [0.05, 0.1) is 31.9 Å².